The molecule has 100 valence electrons. The Kier molecular flexibility index (Phi) is 3.75. The molecule has 0 spiro atoms. The molecule has 2 rings (SSSR count). The number of hydrogen-bond acceptors (Lipinski definition) is 3. The van der Waals surface area contributed by atoms with Crippen molar-refractivity contribution in [3.8, 4) is 0 Å². The minimum Gasteiger partial charge on any atom is -0.367 e. The van der Waals surface area contributed by atoms with Crippen LogP contribution in [-0.2, 0) is 6.18 Å². The van der Waals surface area contributed by atoms with Crippen LogP contribution < -0.4 is 11.1 Å². The zero-order valence-corrected chi connectivity index (χ0v) is 9.87. The average Bonchev–Trinajstić information content (AvgIpc) is 2.31. The molecule has 0 radical (unpaired) electrons. The van der Waals surface area contributed by atoms with Gasteiger partial charge in [-0.3, -0.25) is 0 Å². The lowest BCUT2D eigenvalue weighted by Gasteiger charge is -2.27. The summed E-state index contributed by atoms with van der Waals surface area (Å²) in [7, 11) is 0. The van der Waals surface area contributed by atoms with Crippen LogP contribution in [0.3, 0.4) is 0 Å². The summed E-state index contributed by atoms with van der Waals surface area (Å²) in [6.07, 6.45) is 0.402. The molecule has 0 amide bonds. The topological polar surface area (TPSA) is 50.9 Å². The van der Waals surface area contributed by atoms with Gasteiger partial charge in [-0.05, 0) is 37.8 Å². The minimum absolute atomic E-state index is 0.167. The molecule has 1 aliphatic rings. The molecule has 1 aliphatic carbocycles. The smallest absolute Gasteiger partial charge is 0.367 e. The van der Waals surface area contributed by atoms with E-state index in [1.807, 2.05) is 0 Å². The summed E-state index contributed by atoms with van der Waals surface area (Å²) in [5, 5.41) is 3.05. The van der Waals surface area contributed by atoms with Crippen LogP contribution >= 0.6 is 0 Å². The molecule has 0 atom stereocenters. The molecule has 1 heterocycles. The van der Waals surface area contributed by atoms with Crippen molar-refractivity contribution >= 4 is 5.82 Å². The lowest BCUT2D eigenvalue weighted by atomic mass is 9.92. The van der Waals surface area contributed by atoms with Gasteiger partial charge in [-0.1, -0.05) is 0 Å². The summed E-state index contributed by atoms with van der Waals surface area (Å²) >= 11 is 0. The Bertz CT molecular complexity index is 398. The maximum Gasteiger partial charge on any atom is 0.416 e. The van der Waals surface area contributed by atoms with Gasteiger partial charge in [-0.25, -0.2) is 4.98 Å². The summed E-state index contributed by atoms with van der Waals surface area (Å²) in [4.78, 5) is 3.92. The quantitative estimate of drug-likeness (QED) is 0.858. The first-order valence-electron chi connectivity index (χ1n) is 6.00. The molecule has 3 N–H and O–H groups in total. The second-order valence-electron chi connectivity index (χ2n) is 4.68. The van der Waals surface area contributed by atoms with Gasteiger partial charge in [0.2, 0.25) is 0 Å². The number of nitrogens with zero attached hydrogens (tertiary/aromatic N) is 1. The summed E-state index contributed by atoms with van der Waals surface area (Å²) in [6, 6.07) is 2.41. The number of halogens is 3. The number of nitrogens with one attached hydrogen (secondary N) is 1. The third-order valence-corrected chi connectivity index (χ3v) is 3.21. The largest absolute Gasteiger partial charge is 0.416 e. The average molecular weight is 259 g/mol. The summed E-state index contributed by atoms with van der Waals surface area (Å²) < 4.78 is 37.6. The summed E-state index contributed by atoms with van der Waals surface area (Å²) in [5.74, 6) is 0.283. The van der Waals surface area contributed by atoms with Crippen molar-refractivity contribution in [3.05, 3.63) is 23.9 Å². The maximum absolute atomic E-state index is 12.5. The normalized spacial score (nSPS) is 24.9. The third-order valence-electron chi connectivity index (χ3n) is 3.21. The van der Waals surface area contributed by atoms with Crippen LogP contribution in [0.4, 0.5) is 19.0 Å². The van der Waals surface area contributed by atoms with E-state index in [2.05, 4.69) is 10.3 Å². The van der Waals surface area contributed by atoms with Crippen molar-refractivity contribution in [2.45, 2.75) is 43.9 Å². The van der Waals surface area contributed by atoms with Crippen molar-refractivity contribution in [1.29, 1.82) is 0 Å². The van der Waals surface area contributed by atoms with Crippen molar-refractivity contribution in [2.24, 2.45) is 5.73 Å². The zero-order chi connectivity index (χ0) is 13.2. The Labute approximate surface area is 104 Å². The second kappa shape index (κ2) is 5.14. The number of nitrogens with two attached hydrogens (primary N) is 1. The number of rotatable bonds is 2. The Hall–Kier alpha value is -1.30. The van der Waals surface area contributed by atoms with Crippen molar-refractivity contribution in [1.82, 2.24) is 4.98 Å². The Morgan fingerprint density at radius 3 is 2.50 bits per heavy atom. The zero-order valence-electron chi connectivity index (χ0n) is 9.87. The molecule has 0 unspecified atom stereocenters. The highest BCUT2D eigenvalue weighted by Crippen LogP contribution is 2.30. The van der Waals surface area contributed by atoms with E-state index in [1.54, 1.807) is 0 Å². The third kappa shape index (κ3) is 3.35. The SMILES string of the molecule is NC1CCC(Nc2cc(C(F)(F)F)ccn2)CC1. The van der Waals surface area contributed by atoms with Crippen molar-refractivity contribution < 1.29 is 13.2 Å². The van der Waals surface area contributed by atoms with Crippen LogP contribution in [0.2, 0.25) is 0 Å². The lowest BCUT2D eigenvalue weighted by Crippen LogP contribution is -2.33. The molecule has 0 bridgehead atoms. The Morgan fingerprint density at radius 2 is 1.89 bits per heavy atom. The van der Waals surface area contributed by atoms with Gasteiger partial charge in [0.25, 0.3) is 0 Å². The van der Waals surface area contributed by atoms with Gasteiger partial charge in [-0.15, -0.1) is 0 Å². The molecular weight excluding hydrogens is 243 g/mol. The first-order valence-corrected chi connectivity index (χ1v) is 6.00. The van der Waals surface area contributed by atoms with Crippen LogP contribution in [0, 0.1) is 0 Å². The van der Waals surface area contributed by atoms with Crippen LogP contribution in [0.5, 0.6) is 0 Å². The molecule has 0 aliphatic heterocycles. The van der Waals surface area contributed by atoms with Gasteiger partial charge in [0.05, 0.1) is 5.56 Å². The second-order valence-corrected chi connectivity index (χ2v) is 4.68. The molecule has 0 aromatic carbocycles. The summed E-state index contributed by atoms with van der Waals surface area (Å²) in [6.45, 7) is 0. The van der Waals surface area contributed by atoms with Crippen LogP contribution in [-0.4, -0.2) is 17.1 Å². The molecule has 0 saturated heterocycles. The molecule has 1 aromatic heterocycles. The predicted octanol–water partition coefficient (Wildman–Crippen LogP) is 2.78. The van der Waals surface area contributed by atoms with E-state index in [1.165, 1.54) is 6.20 Å². The van der Waals surface area contributed by atoms with Gasteiger partial charge in [0.1, 0.15) is 5.82 Å². The van der Waals surface area contributed by atoms with Crippen molar-refractivity contribution in [2.75, 3.05) is 5.32 Å². The van der Waals surface area contributed by atoms with Gasteiger partial charge < -0.3 is 11.1 Å². The molecule has 1 aromatic rings. The molecule has 3 nitrogen and oxygen atoms in total. The number of pyridine rings is 1. The fourth-order valence-electron chi connectivity index (χ4n) is 2.16. The monoisotopic (exact) mass is 259 g/mol. The lowest BCUT2D eigenvalue weighted by molar-refractivity contribution is -0.137. The highest BCUT2D eigenvalue weighted by molar-refractivity contribution is 5.39. The fourth-order valence-corrected chi connectivity index (χ4v) is 2.16. The molecule has 6 heteroatoms. The van der Waals surface area contributed by atoms with E-state index in [0.717, 1.165) is 37.8 Å². The highest BCUT2D eigenvalue weighted by Gasteiger charge is 2.31. The molecule has 1 saturated carbocycles. The van der Waals surface area contributed by atoms with Gasteiger partial charge >= 0.3 is 6.18 Å². The van der Waals surface area contributed by atoms with E-state index >= 15 is 0 Å². The standard InChI is InChI=1S/C12H16F3N3/c13-12(14,15)8-5-6-17-11(7-8)18-10-3-1-9(16)2-4-10/h5-7,9-10H,1-4,16H2,(H,17,18). The first-order chi connectivity index (χ1) is 8.45. The van der Waals surface area contributed by atoms with E-state index in [-0.39, 0.29) is 17.9 Å². The van der Waals surface area contributed by atoms with E-state index in [4.69, 9.17) is 5.73 Å². The molecule has 18 heavy (non-hydrogen) atoms. The molecule has 1 fully saturated rings. The molecular formula is C12H16F3N3. The van der Waals surface area contributed by atoms with E-state index in [0.29, 0.717) is 0 Å². The summed E-state index contributed by atoms with van der Waals surface area (Å²) in [5.41, 5.74) is 5.11. The Morgan fingerprint density at radius 1 is 1.22 bits per heavy atom. The van der Waals surface area contributed by atoms with Crippen LogP contribution in [0.1, 0.15) is 31.2 Å². The first kappa shape index (κ1) is 13.1. The highest BCUT2D eigenvalue weighted by atomic mass is 19.4. The minimum atomic E-state index is -4.33. The maximum atomic E-state index is 12.5. The van der Waals surface area contributed by atoms with Crippen LogP contribution in [0.25, 0.3) is 0 Å². The van der Waals surface area contributed by atoms with Crippen LogP contribution in [0.15, 0.2) is 18.3 Å². The fraction of sp³-hybridized carbons (Fsp3) is 0.583. The van der Waals surface area contributed by atoms with Gasteiger partial charge in [-0.2, -0.15) is 13.2 Å². The Balaban J connectivity index is 2.01. The van der Waals surface area contributed by atoms with E-state index in [9.17, 15) is 13.2 Å². The predicted molar refractivity (Wildman–Crippen MR) is 63.1 cm³/mol. The number of aromatic nitrogens is 1. The van der Waals surface area contributed by atoms with E-state index < -0.39 is 11.7 Å². The van der Waals surface area contributed by atoms with Crippen molar-refractivity contribution in [3.63, 3.8) is 0 Å². The van der Waals surface area contributed by atoms with Gasteiger partial charge in [0, 0.05) is 18.3 Å². The number of hydrogen-bond donors (Lipinski definition) is 2. The number of alkyl halides is 3. The van der Waals surface area contributed by atoms with Gasteiger partial charge in [0.15, 0.2) is 0 Å². The number of anilines is 1.